The summed E-state index contributed by atoms with van der Waals surface area (Å²) < 4.78 is 5.94. The molecule has 0 saturated carbocycles. The van der Waals surface area contributed by atoms with Crippen LogP contribution in [0.15, 0.2) is 66.7 Å². The summed E-state index contributed by atoms with van der Waals surface area (Å²) in [6, 6.07) is 16.0. The molecule has 0 spiro atoms. The first-order valence-electron chi connectivity index (χ1n) is 15.3. The molecule has 0 aliphatic carbocycles. The molecular weight excluding hydrogens is 610 g/mol. The summed E-state index contributed by atoms with van der Waals surface area (Å²) >= 11 is 6.40. The van der Waals surface area contributed by atoms with Gasteiger partial charge in [-0.2, -0.15) is 0 Å². The van der Waals surface area contributed by atoms with Crippen molar-refractivity contribution in [2.24, 2.45) is 5.92 Å². The molecule has 46 heavy (non-hydrogen) atoms. The lowest BCUT2D eigenvalue weighted by molar-refractivity contribution is -0.137. The number of carbonyl (C=O) groups is 4. The quantitative estimate of drug-likeness (QED) is 0.319. The smallest absolute Gasteiger partial charge is 0.255 e. The summed E-state index contributed by atoms with van der Waals surface area (Å²) in [6.07, 6.45) is 0.213. The second-order valence-corrected chi connectivity index (χ2v) is 12.3. The van der Waals surface area contributed by atoms with Crippen LogP contribution in [-0.2, 0) is 20.8 Å². The van der Waals surface area contributed by atoms with Gasteiger partial charge in [0.1, 0.15) is 35.4 Å². The number of anilines is 1. The third-order valence-electron chi connectivity index (χ3n) is 8.20. The van der Waals surface area contributed by atoms with Gasteiger partial charge in [-0.05, 0) is 60.9 Å². The van der Waals surface area contributed by atoms with E-state index in [1.165, 1.54) is 25.1 Å². The highest BCUT2D eigenvalue weighted by atomic mass is 35.5. The number of nitrogens with zero attached hydrogens (tertiary/aromatic N) is 2. The first kappa shape index (κ1) is 32.6. The molecule has 4 N–H and O–H groups in total. The van der Waals surface area contributed by atoms with E-state index in [4.69, 9.17) is 16.3 Å². The van der Waals surface area contributed by atoms with Crippen molar-refractivity contribution in [3.05, 3.63) is 82.9 Å². The zero-order chi connectivity index (χ0) is 33.0. The minimum absolute atomic E-state index is 0.0615. The second-order valence-electron chi connectivity index (χ2n) is 11.9. The van der Waals surface area contributed by atoms with Gasteiger partial charge in [0.15, 0.2) is 0 Å². The van der Waals surface area contributed by atoms with Gasteiger partial charge in [0, 0.05) is 32.6 Å². The minimum Gasteiger partial charge on any atom is -0.507 e. The van der Waals surface area contributed by atoms with E-state index in [0.29, 0.717) is 42.7 Å². The molecule has 6 rings (SSSR count). The molecule has 4 bridgehead atoms. The van der Waals surface area contributed by atoms with Crippen LogP contribution in [0.3, 0.4) is 0 Å². The number of halogens is 1. The van der Waals surface area contributed by atoms with E-state index >= 15 is 0 Å². The van der Waals surface area contributed by atoms with E-state index in [2.05, 4.69) is 20.9 Å². The van der Waals surface area contributed by atoms with E-state index in [9.17, 15) is 24.3 Å². The second kappa shape index (κ2) is 14.1. The number of aromatic hydroxyl groups is 1. The molecule has 3 aliphatic heterocycles. The molecule has 0 unspecified atom stereocenters. The Kier molecular flexibility index (Phi) is 10.0. The van der Waals surface area contributed by atoms with Gasteiger partial charge in [0.05, 0.1) is 16.3 Å². The highest BCUT2D eigenvalue weighted by Gasteiger charge is 2.33. The Morgan fingerprint density at radius 1 is 0.891 bits per heavy atom. The third kappa shape index (κ3) is 7.54. The van der Waals surface area contributed by atoms with E-state index in [-0.39, 0.29) is 29.6 Å². The van der Waals surface area contributed by atoms with Crippen LogP contribution in [0.2, 0.25) is 5.02 Å². The highest BCUT2D eigenvalue weighted by molar-refractivity contribution is 6.33. The lowest BCUT2D eigenvalue weighted by atomic mass is 10.0. The first-order valence-corrected chi connectivity index (χ1v) is 15.7. The van der Waals surface area contributed by atoms with Crippen molar-refractivity contribution >= 4 is 40.9 Å². The molecule has 3 heterocycles. The predicted molar refractivity (Wildman–Crippen MR) is 174 cm³/mol. The number of nitrogens with one attached hydrogen (secondary N) is 3. The van der Waals surface area contributed by atoms with Crippen molar-refractivity contribution < 1.29 is 29.0 Å². The average molecular weight is 648 g/mol. The number of hydrogen-bond acceptors (Lipinski definition) is 7. The number of benzene rings is 3. The van der Waals surface area contributed by atoms with Crippen LogP contribution in [0.1, 0.15) is 36.7 Å². The van der Waals surface area contributed by atoms with E-state index < -0.39 is 35.8 Å². The maximum Gasteiger partial charge on any atom is 0.255 e. The lowest BCUT2D eigenvalue weighted by Crippen LogP contribution is -2.59. The SMILES string of the molecule is CC(C)[C@@H]1NC(=O)c2cc(ccc2O)Oc2ccc(cc2)C[C@@H](C(=O)N2CCN(c3ccccc3Cl)CC2)NC(=O)[C@H](C)NC1=O. The Morgan fingerprint density at radius 3 is 2.24 bits per heavy atom. The van der Waals surface area contributed by atoms with Gasteiger partial charge in [-0.25, -0.2) is 0 Å². The van der Waals surface area contributed by atoms with Crippen molar-refractivity contribution in [3.63, 3.8) is 0 Å². The van der Waals surface area contributed by atoms with Crippen molar-refractivity contribution in [2.75, 3.05) is 31.1 Å². The number of ether oxygens (including phenoxy) is 1. The molecular formula is C34H38ClN5O6. The summed E-state index contributed by atoms with van der Waals surface area (Å²) in [5.41, 5.74) is 1.63. The zero-order valence-electron chi connectivity index (χ0n) is 26.0. The minimum atomic E-state index is -1.01. The number of carbonyl (C=O) groups excluding carboxylic acids is 4. The number of para-hydroxylation sites is 1. The Balaban J connectivity index is 1.40. The molecule has 11 nitrogen and oxygen atoms in total. The maximum atomic E-state index is 13.9. The maximum absolute atomic E-state index is 13.9. The van der Waals surface area contributed by atoms with Crippen molar-refractivity contribution in [3.8, 4) is 17.2 Å². The predicted octanol–water partition coefficient (Wildman–Crippen LogP) is 3.49. The van der Waals surface area contributed by atoms with Crippen LogP contribution in [-0.4, -0.2) is 77.9 Å². The Morgan fingerprint density at radius 2 is 1.57 bits per heavy atom. The summed E-state index contributed by atoms with van der Waals surface area (Å²) in [4.78, 5) is 57.6. The standard InChI is InChI=1S/C34H38ClN5O6/c1-20(2)30-33(44)36-21(3)31(42)37-27(34(45)40-16-14-39(15-17-40)28-7-5-4-6-26(28)35)18-22-8-10-23(11-9-22)46-24-12-13-29(41)25(19-24)32(43)38-30/h4-13,19-21,27,30,41H,14-18H2,1-3H3,(H,36,44)(H,37,42)(H,38,43)/t21-,27-,30-/m0/s1. The van der Waals surface area contributed by atoms with Gasteiger partial charge in [0.25, 0.3) is 5.91 Å². The van der Waals surface area contributed by atoms with Crippen LogP contribution >= 0.6 is 11.6 Å². The fraction of sp³-hybridized carbons (Fsp3) is 0.353. The number of rotatable bonds is 3. The van der Waals surface area contributed by atoms with Crippen molar-refractivity contribution in [1.29, 1.82) is 0 Å². The molecule has 3 aromatic rings. The van der Waals surface area contributed by atoms with Gasteiger partial charge in [-0.3, -0.25) is 19.2 Å². The summed E-state index contributed by atoms with van der Waals surface area (Å²) in [6.45, 7) is 7.08. The van der Waals surface area contributed by atoms with Crippen molar-refractivity contribution in [1.82, 2.24) is 20.9 Å². The Bertz CT molecular complexity index is 1610. The molecule has 4 amide bonds. The lowest BCUT2D eigenvalue weighted by Gasteiger charge is -2.38. The molecule has 1 fully saturated rings. The number of amides is 4. The van der Waals surface area contributed by atoms with Crippen molar-refractivity contribution in [2.45, 2.75) is 45.3 Å². The number of piperazine rings is 1. The third-order valence-corrected chi connectivity index (χ3v) is 8.52. The molecule has 0 radical (unpaired) electrons. The number of fused-ring (bicyclic) bond motifs is 11. The van der Waals surface area contributed by atoms with Gasteiger partial charge in [-0.1, -0.05) is 49.7 Å². The summed E-state index contributed by atoms with van der Waals surface area (Å²) in [7, 11) is 0. The molecule has 3 atom stereocenters. The number of phenols is 1. The molecule has 242 valence electrons. The Labute approximate surface area is 272 Å². The Hall–Kier alpha value is -4.77. The summed E-state index contributed by atoms with van der Waals surface area (Å²) in [5, 5.41) is 19.2. The number of hydrogen-bond donors (Lipinski definition) is 4. The fourth-order valence-electron chi connectivity index (χ4n) is 5.54. The van der Waals surface area contributed by atoms with Crippen LogP contribution in [0.25, 0.3) is 0 Å². The van der Waals surface area contributed by atoms with Crippen LogP contribution < -0.4 is 25.6 Å². The van der Waals surface area contributed by atoms with Gasteiger partial charge in [0.2, 0.25) is 17.7 Å². The molecule has 1 saturated heterocycles. The number of phenolic OH excluding ortho intramolecular Hbond substituents is 1. The highest BCUT2D eigenvalue weighted by Crippen LogP contribution is 2.29. The monoisotopic (exact) mass is 647 g/mol. The van der Waals surface area contributed by atoms with E-state index in [1.807, 2.05) is 24.3 Å². The van der Waals surface area contributed by atoms with E-state index in [0.717, 1.165) is 11.3 Å². The van der Waals surface area contributed by atoms with Gasteiger partial charge in [-0.15, -0.1) is 0 Å². The molecule has 3 aliphatic rings. The first-order chi connectivity index (χ1) is 22.0. The molecule has 3 aromatic carbocycles. The normalized spacial score (nSPS) is 21.1. The average Bonchev–Trinajstić information content (AvgIpc) is 3.04. The molecule has 12 heteroatoms. The summed E-state index contributed by atoms with van der Waals surface area (Å²) in [5.74, 6) is -1.86. The van der Waals surface area contributed by atoms with Crippen LogP contribution in [0.5, 0.6) is 17.2 Å². The molecule has 0 aromatic heterocycles. The van der Waals surface area contributed by atoms with Crippen LogP contribution in [0, 0.1) is 5.92 Å². The zero-order valence-corrected chi connectivity index (χ0v) is 26.7. The van der Waals surface area contributed by atoms with Crippen LogP contribution in [0.4, 0.5) is 5.69 Å². The largest absolute Gasteiger partial charge is 0.507 e. The van der Waals surface area contributed by atoms with Gasteiger partial charge < -0.3 is 35.6 Å². The van der Waals surface area contributed by atoms with Gasteiger partial charge >= 0.3 is 0 Å². The van der Waals surface area contributed by atoms with E-state index in [1.54, 1.807) is 43.0 Å². The topological polar surface area (TPSA) is 140 Å². The fourth-order valence-corrected chi connectivity index (χ4v) is 5.80.